The standard InChI is InChI=1S/C20H17FN2O3/c21-14-7-5-13(6-8-14)18-12-23(9-10-26-18)20(25)16-11-19(24)22-17-4-2-1-3-15(16)17/h1-8,11,18H,9-10,12H2,(H,22,24)/t18-/m1/s1. The summed E-state index contributed by atoms with van der Waals surface area (Å²) in [7, 11) is 0. The van der Waals surface area contributed by atoms with Gasteiger partial charge in [0.05, 0.1) is 18.7 Å². The number of carbonyl (C=O) groups is 1. The van der Waals surface area contributed by atoms with Crippen molar-refractivity contribution in [2.24, 2.45) is 0 Å². The molecule has 1 amide bonds. The summed E-state index contributed by atoms with van der Waals surface area (Å²) < 4.78 is 18.9. The Morgan fingerprint density at radius 2 is 1.92 bits per heavy atom. The molecule has 0 saturated carbocycles. The fourth-order valence-corrected chi connectivity index (χ4v) is 3.26. The molecule has 0 bridgehead atoms. The predicted octanol–water partition coefficient (Wildman–Crippen LogP) is 2.88. The number of para-hydroxylation sites is 1. The lowest BCUT2D eigenvalue weighted by atomic mass is 10.1. The van der Waals surface area contributed by atoms with Gasteiger partial charge in [-0.15, -0.1) is 0 Å². The van der Waals surface area contributed by atoms with Crippen LogP contribution in [0.5, 0.6) is 0 Å². The summed E-state index contributed by atoms with van der Waals surface area (Å²) in [6, 6.07) is 14.7. The fraction of sp³-hybridized carbons (Fsp3) is 0.200. The summed E-state index contributed by atoms with van der Waals surface area (Å²) in [5.41, 5.74) is 1.52. The Hall–Kier alpha value is -2.99. The van der Waals surface area contributed by atoms with Crippen LogP contribution in [0.15, 0.2) is 59.4 Å². The summed E-state index contributed by atoms with van der Waals surface area (Å²) >= 11 is 0. The average Bonchev–Trinajstić information content (AvgIpc) is 2.67. The molecule has 1 N–H and O–H groups in total. The number of amides is 1. The molecule has 6 heteroatoms. The smallest absolute Gasteiger partial charge is 0.254 e. The maximum atomic E-state index is 13.1. The number of ether oxygens (including phenoxy) is 1. The Morgan fingerprint density at radius 1 is 1.15 bits per heavy atom. The highest BCUT2D eigenvalue weighted by atomic mass is 19.1. The number of morpholine rings is 1. The van der Waals surface area contributed by atoms with E-state index in [0.717, 1.165) is 5.56 Å². The summed E-state index contributed by atoms with van der Waals surface area (Å²) in [6.45, 7) is 1.18. The van der Waals surface area contributed by atoms with Crippen molar-refractivity contribution in [3.05, 3.63) is 81.9 Å². The minimum atomic E-state index is -0.318. The van der Waals surface area contributed by atoms with Gasteiger partial charge in [-0.3, -0.25) is 9.59 Å². The van der Waals surface area contributed by atoms with E-state index < -0.39 is 0 Å². The SMILES string of the molecule is O=C(c1cc(=O)[nH]c2ccccc12)N1CCO[C@@H](c2ccc(F)cc2)C1. The number of aromatic amines is 1. The summed E-state index contributed by atoms with van der Waals surface area (Å²) in [5.74, 6) is -0.518. The van der Waals surface area contributed by atoms with Crippen LogP contribution in [0.2, 0.25) is 0 Å². The lowest BCUT2D eigenvalue weighted by molar-refractivity contribution is -0.0227. The molecule has 4 rings (SSSR count). The third-order valence-corrected chi connectivity index (χ3v) is 4.58. The van der Waals surface area contributed by atoms with Crippen molar-refractivity contribution in [3.63, 3.8) is 0 Å². The number of fused-ring (bicyclic) bond motifs is 1. The number of nitrogens with zero attached hydrogens (tertiary/aromatic N) is 1. The number of benzene rings is 2. The van der Waals surface area contributed by atoms with Crippen molar-refractivity contribution in [1.29, 1.82) is 0 Å². The number of hydrogen-bond acceptors (Lipinski definition) is 3. The van der Waals surface area contributed by atoms with E-state index >= 15 is 0 Å². The van der Waals surface area contributed by atoms with Crippen LogP contribution in [0.4, 0.5) is 4.39 Å². The average molecular weight is 352 g/mol. The zero-order chi connectivity index (χ0) is 18.1. The van der Waals surface area contributed by atoms with E-state index in [-0.39, 0.29) is 23.4 Å². The Kier molecular flexibility index (Phi) is 4.26. The highest BCUT2D eigenvalue weighted by molar-refractivity contribution is 6.06. The van der Waals surface area contributed by atoms with Gasteiger partial charge in [-0.2, -0.15) is 0 Å². The normalized spacial score (nSPS) is 17.4. The Bertz CT molecular complexity index is 1010. The van der Waals surface area contributed by atoms with Gasteiger partial charge in [0.15, 0.2) is 0 Å². The summed E-state index contributed by atoms with van der Waals surface area (Å²) in [4.78, 5) is 29.4. The molecule has 0 spiro atoms. The topological polar surface area (TPSA) is 62.4 Å². The second-order valence-electron chi connectivity index (χ2n) is 6.25. The molecule has 1 atom stereocenters. The Morgan fingerprint density at radius 3 is 2.73 bits per heavy atom. The van der Waals surface area contributed by atoms with E-state index in [9.17, 15) is 14.0 Å². The first-order valence-corrected chi connectivity index (χ1v) is 8.40. The molecule has 1 fully saturated rings. The van der Waals surface area contributed by atoms with E-state index in [4.69, 9.17) is 4.74 Å². The van der Waals surface area contributed by atoms with Crippen molar-refractivity contribution < 1.29 is 13.9 Å². The third-order valence-electron chi connectivity index (χ3n) is 4.58. The first kappa shape index (κ1) is 16.5. The monoisotopic (exact) mass is 352 g/mol. The number of halogens is 1. The Balaban J connectivity index is 1.64. The molecule has 132 valence electrons. The van der Waals surface area contributed by atoms with Crippen molar-refractivity contribution >= 4 is 16.8 Å². The molecule has 3 aromatic rings. The van der Waals surface area contributed by atoms with Crippen LogP contribution in [-0.2, 0) is 4.74 Å². The second-order valence-corrected chi connectivity index (χ2v) is 6.25. The van der Waals surface area contributed by atoms with E-state index in [2.05, 4.69) is 4.98 Å². The van der Waals surface area contributed by atoms with Gasteiger partial charge >= 0.3 is 0 Å². The Labute approximate surface area is 149 Å². The van der Waals surface area contributed by atoms with Gasteiger partial charge in [-0.1, -0.05) is 30.3 Å². The largest absolute Gasteiger partial charge is 0.370 e. The van der Waals surface area contributed by atoms with E-state index in [1.54, 1.807) is 23.1 Å². The maximum Gasteiger partial charge on any atom is 0.254 e. The van der Waals surface area contributed by atoms with Crippen LogP contribution in [0.1, 0.15) is 22.0 Å². The van der Waals surface area contributed by atoms with Crippen molar-refractivity contribution in [3.8, 4) is 0 Å². The maximum absolute atomic E-state index is 13.1. The van der Waals surface area contributed by atoms with Crippen LogP contribution in [0.25, 0.3) is 10.9 Å². The third kappa shape index (κ3) is 3.11. The zero-order valence-corrected chi connectivity index (χ0v) is 13.9. The number of pyridine rings is 1. The molecular formula is C20H17FN2O3. The van der Waals surface area contributed by atoms with E-state index in [1.807, 2.05) is 18.2 Å². The minimum absolute atomic E-state index is 0.206. The fourth-order valence-electron chi connectivity index (χ4n) is 3.26. The molecular weight excluding hydrogens is 335 g/mol. The molecule has 2 heterocycles. The van der Waals surface area contributed by atoms with Gasteiger partial charge in [0, 0.05) is 23.5 Å². The molecule has 0 unspecified atom stereocenters. The highest BCUT2D eigenvalue weighted by Crippen LogP contribution is 2.25. The number of aromatic nitrogens is 1. The van der Waals surface area contributed by atoms with Crippen molar-refractivity contribution in [2.45, 2.75) is 6.10 Å². The molecule has 0 radical (unpaired) electrons. The predicted molar refractivity (Wildman–Crippen MR) is 95.6 cm³/mol. The molecule has 0 aliphatic carbocycles. The zero-order valence-electron chi connectivity index (χ0n) is 13.9. The summed E-state index contributed by atoms with van der Waals surface area (Å²) in [6.07, 6.45) is -0.318. The van der Waals surface area contributed by atoms with E-state index in [1.165, 1.54) is 18.2 Å². The lowest BCUT2D eigenvalue weighted by Gasteiger charge is -2.33. The first-order chi connectivity index (χ1) is 12.6. The number of nitrogens with one attached hydrogen (secondary N) is 1. The molecule has 5 nitrogen and oxygen atoms in total. The molecule has 26 heavy (non-hydrogen) atoms. The molecule has 1 aliphatic heterocycles. The van der Waals surface area contributed by atoms with Gasteiger partial charge in [0.2, 0.25) is 5.56 Å². The molecule has 2 aromatic carbocycles. The van der Waals surface area contributed by atoms with E-state index in [0.29, 0.717) is 36.2 Å². The number of H-pyrrole nitrogens is 1. The van der Waals surface area contributed by atoms with Gasteiger partial charge in [0.1, 0.15) is 11.9 Å². The number of rotatable bonds is 2. The van der Waals surface area contributed by atoms with Crippen LogP contribution in [0, 0.1) is 5.82 Å². The first-order valence-electron chi connectivity index (χ1n) is 8.40. The lowest BCUT2D eigenvalue weighted by Crippen LogP contribution is -2.42. The van der Waals surface area contributed by atoms with Crippen LogP contribution in [-0.4, -0.2) is 35.5 Å². The van der Waals surface area contributed by atoms with Crippen molar-refractivity contribution in [1.82, 2.24) is 9.88 Å². The van der Waals surface area contributed by atoms with Crippen LogP contribution >= 0.6 is 0 Å². The number of hydrogen-bond donors (Lipinski definition) is 1. The van der Waals surface area contributed by atoms with Crippen LogP contribution in [0.3, 0.4) is 0 Å². The highest BCUT2D eigenvalue weighted by Gasteiger charge is 2.27. The molecule has 1 aromatic heterocycles. The number of carbonyl (C=O) groups excluding carboxylic acids is 1. The molecule has 1 aliphatic rings. The van der Waals surface area contributed by atoms with Gasteiger partial charge in [-0.25, -0.2) is 4.39 Å². The van der Waals surface area contributed by atoms with Gasteiger partial charge in [0.25, 0.3) is 5.91 Å². The molecule has 1 saturated heterocycles. The van der Waals surface area contributed by atoms with Crippen molar-refractivity contribution in [2.75, 3.05) is 19.7 Å². The summed E-state index contributed by atoms with van der Waals surface area (Å²) in [5, 5.41) is 0.710. The minimum Gasteiger partial charge on any atom is -0.370 e. The van der Waals surface area contributed by atoms with Gasteiger partial charge < -0.3 is 14.6 Å². The van der Waals surface area contributed by atoms with Crippen LogP contribution < -0.4 is 5.56 Å². The quantitative estimate of drug-likeness (QED) is 0.771. The second kappa shape index (κ2) is 6.72. The van der Waals surface area contributed by atoms with Gasteiger partial charge in [-0.05, 0) is 23.8 Å².